The molecule has 0 radical (unpaired) electrons. The first-order valence-corrected chi connectivity index (χ1v) is 8.87. The molecule has 5 nitrogen and oxygen atoms in total. The highest BCUT2D eigenvalue weighted by molar-refractivity contribution is 5.89. The van der Waals surface area contributed by atoms with Crippen molar-refractivity contribution < 1.29 is 19.4 Å². The number of ether oxygens (including phenoxy) is 2. The molecule has 1 aliphatic rings. The van der Waals surface area contributed by atoms with E-state index in [2.05, 4.69) is 16.6 Å². The van der Waals surface area contributed by atoms with E-state index in [1.165, 1.54) is 39.2 Å². The Morgan fingerprint density at radius 1 is 1.25 bits per heavy atom. The first-order valence-electron chi connectivity index (χ1n) is 8.87. The van der Waals surface area contributed by atoms with Gasteiger partial charge in [-0.05, 0) is 43.7 Å². The molecule has 134 valence electrons. The molecule has 24 heavy (non-hydrogen) atoms. The van der Waals surface area contributed by atoms with E-state index in [4.69, 9.17) is 4.74 Å². The maximum atomic E-state index is 11.4. The zero-order chi connectivity index (χ0) is 17.4. The molecule has 1 fully saturated rings. The van der Waals surface area contributed by atoms with Crippen molar-refractivity contribution in [2.24, 2.45) is 0 Å². The highest BCUT2D eigenvalue weighted by Gasteiger charge is 2.22. The van der Waals surface area contributed by atoms with Crippen molar-refractivity contribution in [1.29, 1.82) is 0 Å². The van der Waals surface area contributed by atoms with Crippen molar-refractivity contribution in [2.75, 3.05) is 26.8 Å². The molecule has 0 heterocycles. The summed E-state index contributed by atoms with van der Waals surface area (Å²) in [6.07, 6.45) is 5.86. The number of carbonyl (C=O) groups excluding carboxylic acids is 1. The summed E-state index contributed by atoms with van der Waals surface area (Å²) in [5.41, 5.74) is 0.486. The zero-order valence-electron chi connectivity index (χ0n) is 14.7. The molecule has 0 bridgehead atoms. The fourth-order valence-corrected chi connectivity index (χ4v) is 3.30. The number of nitrogens with zero attached hydrogens (tertiary/aromatic N) is 1. The molecule has 0 aromatic heterocycles. The van der Waals surface area contributed by atoms with E-state index in [-0.39, 0.29) is 12.6 Å². The van der Waals surface area contributed by atoms with E-state index in [1.807, 2.05) is 0 Å². The molecule has 1 aromatic rings. The van der Waals surface area contributed by atoms with Crippen LogP contribution in [0.15, 0.2) is 24.3 Å². The molecule has 0 saturated heterocycles. The highest BCUT2D eigenvalue weighted by Crippen LogP contribution is 2.22. The fourth-order valence-electron chi connectivity index (χ4n) is 3.30. The van der Waals surface area contributed by atoms with Gasteiger partial charge >= 0.3 is 5.97 Å². The van der Waals surface area contributed by atoms with E-state index in [9.17, 15) is 9.90 Å². The molecule has 1 aromatic carbocycles. The van der Waals surface area contributed by atoms with Crippen molar-refractivity contribution in [2.45, 2.75) is 51.2 Å². The molecule has 0 amide bonds. The van der Waals surface area contributed by atoms with Crippen LogP contribution in [-0.2, 0) is 4.74 Å². The summed E-state index contributed by atoms with van der Waals surface area (Å²) in [4.78, 5) is 13.8. The average Bonchev–Trinajstić information content (AvgIpc) is 2.65. The molecule has 5 heteroatoms. The molecular formula is C19H29NO4. The lowest BCUT2D eigenvalue weighted by molar-refractivity contribution is 0.0463. The Kier molecular flexibility index (Phi) is 7.53. The summed E-state index contributed by atoms with van der Waals surface area (Å²) in [5, 5.41) is 10.3. The van der Waals surface area contributed by atoms with Crippen LogP contribution in [0.4, 0.5) is 0 Å². The van der Waals surface area contributed by atoms with Gasteiger partial charge in [-0.25, -0.2) is 4.79 Å². The minimum atomic E-state index is -0.521. The number of hydrogen-bond acceptors (Lipinski definition) is 5. The summed E-state index contributed by atoms with van der Waals surface area (Å²) in [6, 6.07) is 7.36. The second-order valence-corrected chi connectivity index (χ2v) is 6.36. The van der Waals surface area contributed by atoms with E-state index >= 15 is 0 Å². The van der Waals surface area contributed by atoms with Gasteiger partial charge < -0.3 is 14.6 Å². The molecule has 0 aliphatic heterocycles. The highest BCUT2D eigenvalue weighted by atomic mass is 16.5. The van der Waals surface area contributed by atoms with Crippen LogP contribution in [0.2, 0.25) is 0 Å². The number of esters is 1. The van der Waals surface area contributed by atoms with Gasteiger partial charge in [0.25, 0.3) is 0 Å². The molecule has 1 unspecified atom stereocenters. The molecule has 0 spiro atoms. The van der Waals surface area contributed by atoms with Crippen molar-refractivity contribution in [3.8, 4) is 5.75 Å². The SMILES string of the molecule is CCN(CC(O)COc1ccc(C(=O)OC)cc1)C1CCCCC1. The molecule has 2 rings (SSSR count). The second-order valence-electron chi connectivity index (χ2n) is 6.36. The second kappa shape index (κ2) is 9.64. The normalized spacial score (nSPS) is 16.8. The van der Waals surface area contributed by atoms with Crippen LogP contribution in [0.3, 0.4) is 0 Å². The van der Waals surface area contributed by atoms with Gasteiger partial charge in [0, 0.05) is 12.6 Å². The molecule has 1 aliphatic carbocycles. The number of aliphatic hydroxyl groups excluding tert-OH is 1. The minimum absolute atomic E-state index is 0.251. The molecular weight excluding hydrogens is 306 g/mol. The van der Waals surface area contributed by atoms with Gasteiger partial charge in [-0.3, -0.25) is 4.90 Å². The van der Waals surface area contributed by atoms with Crippen LogP contribution in [0.5, 0.6) is 5.75 Å². The number of hydrogen-bond donors (Lipinski definition) is 1. The smallest absolute Gasteiger partial charge is 0.337 e. The summed E-state index contributed by atoms with van der Waals surface area (Å²) in [7, 11) is 1.36. The van der Waals surface area contributed by atoms with Crippen LogP contribution in [-0.4, -0.2) is 54.9 Å². The zero-order valence-corrected chi connectivity index (χ0v) is 14.7. The number of methoxy groups -OCH3 is 1. The third kappa shape index (κ3) is 5.49. The Morgan fingerprint density at radius 3 is 2.50 bits per heavy atom. The maximum absolute atomic E-state index is 11.4. The van der Waals surface area contributed by atoms with E-state index in [1.54, 1.807) is 24.3 Å². The third-order valence-electron chi connectivity index (χ3n) is 4.66. The Hall–Kier alpha value is -1.59. The van der Waals surface area contributed by atoms with Crippen LogP contribution in [0.25, 0.3) is 0 Å². The lowest BCUT2D eigenvalue weighted by atomic mass is 9.94. The Labute approximate surface area is 144 Å². The van der Waals surface area contributed by atoms with Gasteiger partial charge in [0.1, 0.15) is 18.5 Å². The number of rotatable bonds is 8. The van der Waals surface area contributed by atoms with Gasteiger partial charge in [-0.2, -0.15) is 0 Å². The van der Waals surface area contributed by atoms with Gasteiger partial charge in [-0.15, -0.1) is 0 Å². The standard InChI is InChI=1S/C19H29NO4/c1-3-20(16-7-5-4-6-8-16)13-17(21)14-24-18-11-9-15(10-12-18)19(22)23-2/h9-12,16-17,21H,3-8,13-14H2,1-2H3. The van der Waals surface area contributed by atoms with Crippen LogP contribution >= 0.6 is 0 Å². The predicted molar refractivity (Wildman–Crippen MR) is 93.4 cm³/mol. The van der Waals surface area contributed by atoms with E-state index < -0.39 is 6.10 Å². The number of carbonyl (C=O) groups is 1. The summed E-state index contributed by atoms with van der Waals surface area (Å²) in [6.45, 7) is 3.99. The van der Waals surface area contributed by atoms with Gasteiger partial charge in [0.05, 0.1) is 12.7 Å². The number of benzene rings is 1. The van der Waals surface area contributed by atoms with Crippen molar-refractivity contribution in [1.82, 2.24) is 4.90 Å². The van der Waals surface area contributed by atoms with E-state index in [0.29, 0.717) is 23.9 Å². The number of aliphatic hydroxyl groups is 1. The topological polar surface area (TPSA) is 59.0 Å². The summed E-state index contributed by atoms with van der Waals surface area (Å²) < 4.78 is 10.3. The Morgan fingerprint density at radius 2 is 1.92 bits per heavy atom. The fraction of sp³-hybridized carbons (Fsp3) is 0.632. The Bertz CT molecular complexity index is 497. The number of likely N-dealkylation sites (N-methyl/N-ethyl adjacent to an activating group) is 1. The maximum Gasteiger partial charge on any atom is 0.337 e. The predicted octanol–water partition coefficient (Wildman–Crippen LogP) is 2.87. The monoisotopic (exact) mass is 335 g/mol. The van der Waals surface area contributed by atoms with Crippen molar-refractivity contribution in [3.63, 3.8) is 0 Å². The lowest BCUT2D eigenvalue weighted by Crippen LogP contribution is -2.43. The largest absolute Gasteiger partial charge is 0.491 e. The first-order chi connectivity index (χ1) is 11.6. The van der Waals surface area contributed by atoms with Crippen LogP contribution in [0, 0.1) is 0 Å². The van der Waals surface area contributed by atoms with Crippen LogP contribution < -0.4 is 4.74 Å². The first kappa shape index (κ1) is 18.7. The molecule has 1 N–H and O–H groups in total. The minimum Gasteiger partial charge on any atom is -0.491 e. The summed E-state index contributed by atoms with van der Waals surface area (Å²) >= 11 is 0. The average molecular weight is 335 g/mol. The Balaban J connectivity index is 1.79. The van der Waals surface area contributed by atoms with Crippen molar-refractivity contribution >= 4 is 5.97 Å². The van der Waals surface area contributed by atoms with Crippen molar-refractivity contribution in [3.05, 3.63) is 29.8 Å². The van der Waals surface area contributed by atoms with Gasteiger partial charge in [-0.1, -0.05) is 26.2 Å². The van der Waals surface area contributed by atoms with E-state index in [0.717, 1.165) is 6.54 Å². The quantitative estimate of drug-likeness (QED) is 0.740. The lowest BCUT2D eigenvalue weighted by Gasteiger charge is -2.34. The van der Waals surface area contributed by atoms with Gasteiger partial charge in [0.15, 0.2) is 0 Å². The van der Waals surface area contributed by atoms with Crippen LogP contribution in [0.1, 0.15) is 49.4 Å². The van der Waals surface area contributed by atoms with Gasteiger partial charge in [0.2, 0.25) is 0 Å². The molecule has 1 saturated carbocycles. The summed E-state index contributed by atoms with van der Waals surface area (Å²) in [5.74, 6) is 0.273. The third-order valence-corrected chi connectivity index (χ3v) is 4.66. The molecule has 1 atom stereocenters.